The van der Waals surface area contributed by atoms with Gasteiger partial charge in [-0.15, -0.1) is 0 Å². The highest BCUT2D eigenvalue weighted by Gasteiger charge is 2.42. The first-order valence-electron chi connectivity index (χ1n) is 11.7. The van der Waals surface area contributed by atoms with Gasteiger partial charge in [0.15, 0.2) is 5.82 Å². The van der Waals surface area contributed by atoms with E-state index in [1.165, 1.54) is 23.1 Å². The molecular formula is C24H24ClF4N7O4. The number of nitrogens with zero attached hydrogens (tertiary/aromatic N) is 4. The van der Waals surface area contributed by atoms with E-state index in [9.17, 15) is 27.2 Å². The zero-order valence-corrected chi connectivity index (χ0v) is 21.7. The van der Waals surface area contributed by atoms with Gasteiger partial charge in [-0.2, -0.15) is 18.3 Å². The molecule has 1 fully saturated rings. The highest BCUT2D eigenvalue weighted by Crippen LogP contribution is 2.35. The number of nitrogens with one attached hydrogen (secondary N) is 2. The summed E-state index contributed by atoms with van der Waals surface area (Å²) in [6.45, 7) is 2.33. The quantitative estimate of drug-likeness (QED) is 0.318. The third-order valence-electron chi connectivity index (χ3n) is 6.12. The average Bonchev–Trinajstić information content (AvgIpc) is 3.38. The molecule has 3 aromatic rings. The zero-order valence-electron chi connectivity index (χ0n) is 20.9. The number of alkyl halides is 3. The van der Waals surface area contributed by atoms with E-state index in [1.807, 2.05) is 6.92 Å². The Morgan fingerprint density at radius 3 is 2.40 bits per heavy atom. The van der Waals surface area contributed by atoms with Crippen molar-refractivity contribution in [1.82, 2.24) is 25.1 Å². The number of carbonyl (C=O) groups excluding carboxylic acids is 2. The molecule has 0 unspecified atom stereocenters. The van der Waals surface area contributed by atoms with Crippen molar-refractivity contribution in [3.63, 3.8) is 0 Å². The molecule has 214 valence electrons. The molecule has 1 aromatic carbocycles. The van der Waals surface area contributed by atoms with Crippen LogP contribution in [0, 0.1) is 18.2 Å². The van der Waals surface area contributed by atoms with Gasteiger partial charge in [-0.3, -0.25) is 14.7 Å². The number of carbonyl (C=O) groups is 3. The molecule has 40 heavy (non-hydrogen) atoms. The lowest BCUT2D eigenvalue weighted by Crippen LogP contribution is -2.50. The Kier molecular flexibility index (Phi) is 9.29. The van der Waals surface area contributed by atoms with E-state index in [2.05, 4.69) is 25.5 Å². The van der Waals surface area contributed by atoms with Gasteiger partial charge in [-0.05, 0) is 31.9 Å². The number of halogens is 5. The number of benzene rings is 1. The molecule has 0 aliphatic carbocycles. The Hall–Kier alpha value is -4.27. The number of anilines is 2. The molecule has 2 aromatic heterocycles. The van der Waals surface area contributed by atoms with Gasteiger partial charge in [-0.1, -0.05) is 17.7 Å². The van der Waals surface area contributed by atoms with Crippen molar-refractivity contribution in [2.24, 2.45) is 11.1 Å². The number of carboxylic acid groups (broad SMARTS) is 1. The van der Waals surface area contributed by atoms with Crippen molar-refractivity contribution >= 4 is 41.0 Å². The summed E-state index contributed by atoms with van der Waals surface area (Å²) in [6, 6.07) is 7.85. The molecular weight excluding hydrogens is 562 g/mol. The van der Waals surface area contributed by atoms with Crippen LogP contribution in [0.3, 0.4) is 0 Å². The minimum Gasteiger partial charge on any atom is -0.475 e. The van der Waals surface area contributed by atoms with Crippen LogP contribution in [0.2, 0.25) is 5.02 Å². The van der Waals surface area contributed by atoms with Gasteiger partial charge in [0.2, 0.25) is 5.91 Å². The molecule has 3 heterocycles. The maximum Gasteiger partial charge on any atom is 0.490 e. The lowest BCUT2D eigenvalue weighted by molar-refractivity contribution is -0.192. The number of piperidine rings is 1. The number of H-pyrrole nitrogens is 1. The van der Waals surface area contributed by atoms with E-state index in [-0.39, 0.29) is 30.1 Å². The number of aliphatic carboxylic acids is 1. The van der Waals surface area contributed by atoms with Crippen LogP contribution in [0.4, 0.5) is 29.2 Å². The number of aromatic nitrogens is 4. The smallest absolute Gasteiger partial charge is 0.475 e. The summed E-state index contributed by atoms with van der Waals surface area (Å²) in [5.74, 6) is -2.75. The van der Waals surface area contributed by atoms with Gasteiger partial charge in [-0.25, -0.2) is 19.2 Å². The molecule has 0 saturated carbocycles. The van der Waals surface area contributed by atoms with Crippen LogP contribution in [-0.2, 0) is 16.0 Å². The number of nitrogens with two attached hydrogens (primary N) is 1. The Bertz CT molecular complexity index is 1380. The normalized spacial score (nSPS) is 14.6. The highest BCUT2D eigenvalue weighted by molar-refractivity contribution is 6.31. The number of likely N-dealkylation sites (tertiary alicyclic amines) is 1. The van der Waals surface area contributed by atoms with E-state index in [0.717, 1.165) is 5.69 Å². The topological polar surface area (TPSA) is 167 Å². The van der Waals surface area contributed by atoms with Crippen molar-refractivity contribution in [1.29, 1.82) is 0 Å². The molecule has 0 radical (unpaired) electrons. The average molecular weight is 586 g/mol. The van der Waals surface area contributed by atoms with Gasteiger partial charge >= 0.3 is 12.1 Å². The van der Waals surface area contributed by atoms with Gasteiger partial charge in [0.25, 0.3) is 5.91 Å². The molecule has 0 spiro atoms. The van der Waals surface area contributed by atoms with Crippen molar-refractivity contribution in [3.8, 4) is 0 Å². The van der Waals surface area contributed by atoms with Gasteiger partial charge < -0.3 is 21.1 Å². The van der Waals surface area contributed by atoms with E-state index < -0.39 is 35.2 Å². The second-order valence-electron chi connectivity index (χ2n) is 8.92. The first kappa shape index (κ1) is 30.3. The molecule has 2 amide bonds. The number of hydrogen-bond donors (Lipinski definition) is 4. The fourth-order valence-corrected chi connectivity index (χ4v) is 4.20. The van der Waals surface area contributed by atoms with Crippen molar-refractivity contribution in [3.05, 3.63) is 64.5 Å². The number of aromatic amines is 1. The second-order valence-corrected chi connectivity index (χ2v) is 9.33. The van der Waals surface area contributed by atoms with Crippen LogP contribution < -0.4 is 11.1 Å². The highest BCUT2D eigenvalue weighted by atomic mass is 35.5. The zero-order chi connectivity index (χ0) is 29.7. The molecule has 1 saturated heterocycles. The van der Waals surface area contributed by atoms with E-state index >= 15 is 0 Å². The Morgan fingerprint density at radius 1 is 1.20 bits per heavy atom. The predicted octanol–water partition coefficient (Wildman–Crippen LogP) is 3.63. The minimum atomic E-state index is -5.08. The molecule has 5 N–H and O–H groups in total. The van der Waals surface area contributed by atoms with E-state index in [4.69, 9.17) is 27.2 Å². The second kappa shape index (κ2) is 12.3. The number of hydrogen-bond acceptors (Lipinski definition) is 7. The van der Waals surface area contributed by atoms with Crippen LogP contribution in [0.1, 0.15) is 34.7 Å². The largest absolute Gasteiger partial charge is 0.490 e. The summed E-state index contributed by atoms with van der Waals surface area (Å²) in [5, 5.41) is 16.8. The number of rotatable bonds is 6. The molecule has 0 atom stereocenters. The molecule has 11 nitrogen and oxygen atoms in total. The molecule has 0 bridgehead atoms. The lowest BCUT2D eigenvalue weighted by atomic mass is 9.74. The fourth-order valence-electron chi connectivity index (χ4n) is 4.03. The van der Waals surface area contributed by atoms with Crippen LogP contribution in [-0.4, -0.2) is 67.2 Å². The summed E-state index contributed by atoms with van der Waals surface area (Å²) in [4.78, 5) is 44.7. The van der Waals surface area contributed by atoms with Gasteiger partial charge in [0, 0.05) is 37.3 Å². The SMILES string of the molecule is Cc1cc(Nc2ccn[nH]2)nc(CC2(C(N)=O)CCN(C(=O)c3cccc(Cl)c3F)CC2)n1.O=C(O)C(F)(F)F. The third-order valence-corrected chi connectivity index (χ3v) is 6.41. The van der Waals surface area contributed by atoms with Crippen LogP contribution >= 0.6 is 11.6 Å². The Morgan fingerprint density at radius 2 is 1.85 bits per heavy atom. The number of aryl methyl sites for hydroxylation is 1. The minimum absolute atomic E-state index is 0.0920. The number of primary amides is 1. The fraction of sp³-hybridized carbons (Fsp3) is 0.333. The van der Waals surface area contributed by atoms with Gasteiger partial charge in [0.05, 0.1) is 22.2 Å². The maximum atomic E-state index is 14.3. The summed E-state index contributed by atoms with van der Waals surface area (Å²) in [5.41, 5.74) is 5.53. The summed E-state index contributed by atoms with van der Waals surface area (Å²) >= 11 is 5.81. The van der Waals surface area contributed by atoms with E-state index in [1.54, 1.807) is 18.3 Å². The molecule has 4 rings (SSSR count). The standard InChI is InChI=1S/C22H23ClFN7O2.C2HF3O2/c1-13-11-17(28-16-5-8-26-30-16)29-18(27-13)12-22(21(25)33)6-9-31(10-7-22)20(32)14-3-2-4-15(23)19(14)24;3-2(4,5)1(6)7/h2-5,8,11H,6-7,9-10,12H2,1H3,(H2,25,33)(H2,26,27,28,29,30);(H,6,7). The van der Waals surface area contributed by atoms with Crippen LogP contribution in [0.5, 0.6) is 0 Å². The number of carboxylic acids is 1. The van der Waals surface area contributed by atoms with Crippen molar-refractivity contribution in [2.75, 3.05) is 18.4 Å². The van der Waals surface area contributed by atoms with Crippen molar-refractivity contribution < 1.29 is 37.1 Å². The van der Waals surface area contributed by atoms with Crippen LogP contribution in [0.15, 0.2) is 36.5 Å². The summed E-state index contributed by atoms with van der Waals surface area (Å²) < 4.78 is 46.0. The van der Waals surface area contributed by atoms with Crippen LogP contribution in [0.25, 0.3) is 0 Å². The summed E-state index contributed by atoms with van der Waals surface area (Å²) in [7, 11) is 0. The first-order valence-corrected chi connectivity index (χ1v) is 12.0. The predicted molar refractivity (Wildman–Crippen MR) is 134 cm³/mol. The third kappa shape index (κ3) is 7.43. The monoisotopic (exact) mass is 585 g/mol. The lowest BCUT2D eigenvalue weighted by Gasteiger charge is -2.39. The summed E-state index contributed by atoms with van der Waals surface area (Å²) in [6.07, 6.45) is -2.60. The number of amides is 2. The van der Waals surface area contributed by atoms with Crippen molar-refractivity contribution in [2.45, 2.75) is 32.4 Å². The molecule has 1 aliphatic heterocycles. The molecule has 16 heteroatoms. The van der Waals surface area contributed by atoms with Gasteiger partial charge in [0.1, 0.15) is 17.5 Å². The first-order chi connectivity index (χ1) is 18.7. The van der Waals surface area contributed by atoms with E-state index in [0.29, 0.717) is 30.3 Å². The Labute approximate surface area is 229 Å². The molecule has 1 aliphatic rings. The maximum absolute atomic E-state index is 14.3. The Balaban J connectivity index is 0.000000559.